The van der Waals surface area contributed by atoms with Crippen LogP contribution in [0.5, 0.6) is 5.75 Å². The van der Waals surface area contributed by atoms with Crippen molar-refractivity contribution in [3.8, 4) is 5.75 Å². The number of hydrogen-bond acceptors (Lipinski definition) is 5. The summed E-state index contributed by atoms with van der Waals surface area (Å²) in [7, 11) is 1.60. The number of anilines is 1. The molecule has 34 heavy (non-hydrogen) atoms. The monoisotopic (exact) mass is 470 g/mol. The first-order chi connectivity index (χ1) is 16.3. The summed E-state index contributed by atoms with van der Waals surface area (Å²) in [5.41, 5.74) is 6.59. The largest absolute Gasteiger partial charge is 0.495 e. The third kappa shape index (κ3) is 3.99. The lowest BCUT2D eigenvalue weighted by Crippen LogP contribution is -2.22. The van der Waals surface area contributed by atoms with Gasteiger partial charge >= 0.3 is 0 Å². The first kappa shape index (κ1) is 22.3. The lowest BCUT2D eigenvalue weighted by molar-refractivity contribution is -0.115. The minimum Gasteiger partial charge on any atom is -0.495 e. The van der Waals surface area contributed by atoms with Crippen LogP contribution in [0.2, 0.25) is 0 Å². The van der Waals surface area contributed by atoms with Crippen molar-refractivity contribution >= 4 is 56.2 Å². The number of carbonyl (C=O) groups is 1. The van der Waals surface area contributed by atoms with E-state index in [9.17, 15) is 4.79 Å². The number of benzene rings is 3. The molecule has 1 amide bonds. The van der Waals surface area contributed by atoms with E-state index in [2.05, 4.69) is 44.3 Å². The fourth-order valence-electron chi connectivity index (χ4n) is 4.36. The zero-order valence-corrected chi connectivity index (χ0v) is 20.7. The molecule has 1 N–H and O–H groups in total. The van der Waals surface area contributed by atoms with Crippen molar-refractivity contribution in [2.24, 2.45) is 0 Å². The van der Waals surface area contributed by atoms with Gasteiger partial charge in [0.05, 0.1) is 28.6 Å². The van der Waals surface area contributed by atoms with Crippen LogP contribution in [0.4, 0.5) is 5.69 Å². The maximum Gasteiger partial charge on any atom is 0.237 e. The second kappa shape index (κ2) is 8.69. The quantitative estimate of drug-likeness (QED) is 0.275. The van der Waals surface area contributed by atoms with E-state index in [1.165, 1.54) is 17.3 Å². The Morgan fingerprint density at radius 3 is 2.56 bits per heavy atom. The average molecular weight is 471 g/mol. The minimum absolute atomic E-state index is 0.126. The van der Waals surface area contributed by atoms with Gasteiger partial charge in [-0.25, -0.2) is 4.98 Å². The maximum atomic E-state index is 13.1. The number of thioether (sulfide) groups is 1. The van der Waals surface area contributed by atoms with Crippen LogP contribution < -0.4 is 10.1 Å². The van der Waals surface area contributed by atoms with Gasteiger partial charge < -0.3 is 14.5 Å². The summed E-state index contributed by atoms with van der Waals surface area (Å²) >= 11 is 1.45. The number of furan rings is 1. The lowest BCUT2D eigenvalue weighted by atomic mass is 10.0. The standard InChI is InChI=1S/C28H26N2O3S/c1-15-10-17(3)27-20(11-15)16(2)12-26(30-27)34-18(4)28(31)29-22-14-24-21(13-25(22)32-5)19-8-6-7-9-23(19)33-24/h6-14,18H,1-5H3,(H,29,31). The van der Waals surface area contributed by atoms with Crippen LogP contribution in [0.25, 0.3) is 32.8 Å². The number of amides is 1. The van der Waals surface area contributed by atoms with Crippen LogP contribution in [0.3, 0.4) is 0 Å². The normalized spacial score (nSPS) is 12.4. The highest BCUT2D eigenvalue weighted by atomic mass is 32.2. The summed E-state index contributed by atoms with van der Waals surface area (Å²) in [5, 5.41) is 6.62. The fourth-order valence-corrected chi connectivity index (χ4v) is 5.28. The molecule has 172 valence electrons. The molecular weight excluding hydrogens is 444 g/mol. The molecule has 2 aromatic heterocycles. The number of para-hydroxylation sites is 1. The summed E-state index contributed by atoms with van der Waals surface area (Å²) in [6.45, 7) is 8.14. The summed E-state index contributed by atoms with van der Waals surface area (Å²) in [6.07, 6.45) is 0. The Labute approximate surface area is 202 Å². The van der Waals surface area contributed by atoms with E-state index in [-0.39, 0.29) is 11.2 Å². The lowest BCUT2D eigenvalue weighted by Gasteiger charge is -2.15. The zero-order valence-electron chi connectivity index (χ0n) is 19.9. The van der Waals surface area contributed by atoms with Gasteiger partial charge in [-0.2, -0.15) is 0 Å². The average Bonchev–Trinajstić information content (AvgIpc) is 3.16. The number of rotatable bonds is 5. The van der Waals surface area contributed by atoms with Gasteiger partial charge in [0.25, 0.3) is 0 Å². The Kier molecular flexibility index (Phi) is 5.70. The van der Waals surface area contributed by atoms with Crippen LogP contribution in [0.15, 0.2) is 64.0 Å². The van der Waals surface area contributed by atoms with Crippen LogP contribution >= 0.6 is 11.8 Å². The maximum absolute atomic E-state index is 13.1. The smallest absolute Gasteiger partial charge is 0.237 e. The Morgan fingerprint density at radius 1 is 0.971 bits per heavy atom. The molecule has 5 aromatic rings. The number of aromatic nitrogens is 1. The van der Waals surface area contributed by atoms with Gasteiger partial charge in [-0.3, -0.25) is 4.79 Å². The van der Waals surface area contributed by atoms with Gasteiger partial charge in [-0.1, -0.05) is 41.6 Å². The van der Waals surface area contributed by atoms with E-state index >= 15 is 0 Å². The number of nitrogens with one attached hydrogen (secondary N) is 1. The molecule has 0 radical (unpaired) electrons. The first-order valence-electron chi connectivity index (χ1n) is 11.2. The molecule has 0 saturated carbocycles. The molecule has 0 fully saturated rings. The van der Waals surface area contributed by atoms with Gasteiger partial charge in [0, 0.05) is 22.2 Å². The van der Waals surface area contributed by atoms with E-state index < -0.39 is 0 Å². The minimum atomic E-state index is -0.355. The topological polar surface area (TPSA) is 64.4 Å². The zero-order chi connectivity index (χ0) is 24.0. The Hall–Kier alpha value is -3.51. The van der Waals surface area contributed by atoms with Crippen molar-refractivity contribution in [2.75, 3.05) is 12.4 Å². The molecule has 1 atom stereocenters. The van der Waals surface area contributed by atoms with Gasteiger partial charge in [-0.05, 0) is 63.1 Å². The number of ether oxygens (including phenoxy) is 1. The van der Waals surface area contributed by atoms with Crippen molar-refractivity contribution in [2.45, 2.75) is 38.0 Å². The van der Waals surface area contributed by atoms with Crippen LogP contribution in [0, 0.1) is 20.8 Å². The summed E-state index contributed by atoms with van der Waals surface area (Å²) in [6, 6.07) is 17.9. The summed E-state index contributed by atoms with van der Waals surface area (Å²) < 4.78 is 11.6. The predicted octanol–water partition coefficient (Wildman–Crippen LogP) is 7.19. The SMILES string of the molecule is COc1cc2c(cc1NC(=O)C(C)Sc1cc(C)c3cc(C)cc(C)c3n1)oc1ccccc12. The van der Waals surface area contributed by atoms with E-state index in [0.717, 1.165) is 43.4 Å². The van der Waals surface area contributed by atoms with Crippen molar-refractivity contribution < 1.29 is 13.9 Å². The molecule has 0 aliphatic heterocycles. The van der Waals surface area contributed by atoms with Crippen LogP contribution in [0.1, 0.15) is 23.6 Å². The molecule has 0 spiro atoms. The Morgan fingerprint density at radius 2 is 1.76 bits per heavy atom. The first-order valence-corrected chi connectivity index (χ1v) is 12.1. The Balaban J connectivity index is 1.41. The van der Waals surface area contributed by atoms with Crippen molar-refractivity contribution in [1.82, 2.24) is 4.98 Å². The summed E-state index contributed by atoms with van der Waals surface area (Å²) in [4.78, 5) is 18.0. The molecule has 1 unspecified atom stereocenters. The number of methoxy groups -OCH3 is 1. The molecular formula is C28H26N2O3S. The molecule has 5 rings (SSSR count). The second-order valence-electron chi connectivity index (χ2n) is 8.65. The highest BCUT2D eigenvalue weighted by Gasteiger charge is 2.20. The molecule has 0 bridgehead atoms. The molecule has 2 heterocycles. The van der Waals surface area contributed by atoms with Gasteiger partial charge in [0.2, 0.25) is 5.91 Å². The van der Waals surface area contributed by atoms with Crippen molar-refractivity contribution in [3.63, 3.8) is 0 Å². The van der Waals surface area contributed by atoms with E-state index in [4.69, 9.17) is 14.1 Å². The van der Waals surface area contributed by atoms with Crippen LogP contribution in [-0.4, -0.2) is 23.3 Å². The van der Waals surface area contributed by atoms with Gasteiger partial charge in [-0.15, -0.1) is 0 Å². The number of fused-ring (bicyclic) bond motifs is 4. The molecule has 5 nitrogen and oxygen atoms in total. The third-order valence-corrected chi connectivity index (χ3v) is 7.07. The number of pyridine rings is 1. The molecule has 6 heteroatoms. The van der Waals surface area contributed by atoms with E-state index in [1.807, 2.05) is 43.3 Å². The highest BCUT2D eigenvalue weighted by Crippen LogP contribution is 2.37. The van der Waals surface area contributed by atoms with E-state index in [1.54, 1.807) is 7.11 Å². The number of carbonyl (C=O) groups excluding carboxylic acids is 1. The molecule has 0 saturated heterocycles. The summed E-state index contributed by atoms with van der Waals surface area (Å²) in [5.74, 6) is 0.467. The Bertz CT molecular complexity index is 1570. The predicted molar refractivity (Wildman–Crippen MR) is 140 cm³/mol. The van der Waals surface area contributed by atoms with Gasteiger partial charge in [0.15, 0.2) is 0 Å². The third-order valence-electron chi connectivity index (χ3n) is 6.06. The number of aryl methyl sites for hydroxylation is 3. The molecule has 3 aromatic carbocycles. The van der Waals surface area contributed by atoms with Crippen molar-refractivity contribution in [1.29, 1.82) is 0 Å². The highest BCUT2D eigenvalue weighted by molar-refractivity contribution is 8.00. The molecule has 0 aliphatic rings. The number of hydrogen-bond donors (Lipinski definition) is 1. The second-order valence-corrected chi connectivity index (χ2v) is 10.0. The number of nitrogens with zero attached hydrogens (tertiary/aromatic N) is 1. The fraction of sp³-hybridized carbons (Fsp3) is 0.214. The van der Waals surface area contributed by atoms with Crippen molar-refractivity contribution in [3.05, 3.63) is 71.3 Å². The molecule has 0 aliphatic carbocycles. The van der Waals surface area contributed by atoms with Crippen LogP contribution in [-0.2, 0) is 4.79 Å². The van der Waals surface area contributed by atoms with Gasteiger partial charge in [0.1, 0.15) is 16.9 Å². The van der Waals surface area contributed by atoms with E-state index in [0.29, 0.717) is 17.0 Å².